The highest BCUT2D eigenvalue weighted by atomic mass is 32.1. The molecule has 2 N–H and O–H groups in total. The van der Waals surface area contributed by atoms with Crippen molar-refractivity contribution in [1.82, 2.24) is 5.43 Å². The molecule has 0 aliphatic rings. The van der Waals surface area contributed by atoms with Gasteiger partial charge in [-0.3, -0.25) is 15.5 Å². The number of benzene rings is 2. The highest BCUT2D eigenvalue weighted by Gasteiger charge is 2.07. The zero-order valence-electron chi connectivity index (χ0n) is 12.7. The normalized spacial score (nSPS) is 11.0. The van der Waals surface area contributed by atoms with E-state index in [1.54, 1.807) is 19.1 Å². The van der Waals surface area contributed by atoms with Gasteiger partial charge in [0, 0.05) is 23.4 Å². The number of hydrogen-bond donors (Lipinski definition) is 2. The first-order valence-electron chi connectivity index (χ1n) is 6.88. The molecule has 23 heavy (non-hydrogen) atoms. The maximum atomic E-state index is 10.8. The lowest BCUT2D eigenvalue weighted by Gasteiger charge is -2.08. The fourth-order valence-corrected chi connectivity index (χ4v) is 2.00. The van der Waals surface area contributed by atoms with Gasteiger partial charge in [-0.05, 0) is 38.2 Å². The summed E-state index contributed by atoms with van der Waals surface area (Å²) in [4.78, 5) is 10.4. The maximum absolute atomic E-state index is 10.8. The quantitative estimate of drug-likeness (QED) is 0.388. The van der Waals surface area contributed by atoms with E-state index in [0.29, 0.717) is 16.4 Å². The fourth-order valence-electron chi connectivity index (χ4n) is 1.84. The molecule has 0 fully saturated rings. The van der Waals surface area contributed by atoms with Gasteiger partial charge in [0.1, 0.15) is 0 Å². The van der Waals surface area contributed by atoms with Gasteiger partial charge in [0.25, 0.3) is 5.69 Å². The zero-order valence-corrected chi connectivity index (χ0v) is 13.6. The van der Waals surface area contributed by atoms with Crippen molar-refractivity contribution in [1.29, 1.82) is 0 Å². The Kier molecular flexibility index (Phi) is 5.37. The van der Waals surface area contributed by atoms with Crippen LogP contribution in [0.2, 0.25) is 0 Å². The van der Waals surface area contributed by atoms with E-state index < -0.39 is 4.92 Å². The summed E-state index contributed by atoms with van der Waals surface area (Å²) in [6.45, 7) is 3.76. The molecule has 0 aromatic heterocycles. The maximum Gasteiger partial charge on any atom is 0.270 e. The summed E-state index contributed by atoms with van der Waals surface area (Å²) in [5.41, 5.74) is 6.03. The van der Waals surface area contributed by atoms with Gasteiger partial charge in [-0.15, -0.1) is 0 Å². The van der Waals surface area contributed by atoms with E-state index in [0.717, 1.165) is 11.3 Å². The third-order valence-electron chi connectivity index (χ3n) is 3.11. The van der Waals surface area contributed by atoms with E-state index in [9.17, 15) is 10.1 Å². The second-order valence-corrected chi connectivity index (χ2v) is 5.34. The molecular weight excluding hydrogens is 312 g/mol. The van der Waals surface area contributed by atoms with Crippen molar-refractivity contribution in [3.63, 3.8) is 0 Å². The molecule has 2 rings (SSSR count). The average molecular weight is 328 g/mol. The van der Waals surface area contributed by atoms with Crippen LogP contribution in [-0.2, 0) is 0 Å². The van der Waals surface area contributed by atoms with E-state index in [2.05, 4.69) is 15.8 Å². The standard InChI is InChI=1S/C16H16N4O2S/c1-11-6-8-14(9-7-11)17-16(23)19-18-12(2)13-4-3-5-15(10-13)20(21)22/h3-10H,1-2H3,(H2,17,19,23)/b18-12+. The predicted molar refractivity (Wildman–Crippen MR) is 95.8 cm³/mol. The molecule has 0 unspecified atom stereocenters. The van der Waals surface area contributed by atoms with Crippen LogP contribution in [0.4, 0.5) is 11.4 Å². The number of rotatable bonds is 4. The van der Waals surface area contributed by atoms with Gasteiger partial charge in [-0.25, -0.2) is 0 Å². The topological polar surface area (TPSA) is 79.6 Å². The Morgan fingerprint density at radius 3 is 2.57 bits per heavy atom. The molecule has 0 aliphatic carbocycles. The number of hydrogen-bond acceptors (Lipinski definition) is 4. The van der Waals surface area contributed by atoms with Crippen molar-refractivity contribution in [2.24, 2.45) is 5.10 Å². The number of non-ortho nitro benzene ring substituents is 1. The van der Waals surface area contributed by atoms with Gasteiger partial charge in [-0.1, -0.05) is 29.8 Å². The Labute approximate surface area is 139 Å². The Morgan fingerprint density at radius 2 is 1.91 bits per heavy atom. The van der Waals surface area contributed by atoms with Gasteiger partial charge in [0.2, 0.25) is 0 Å². The minimum atomic E-state index is -0.437. The molecule has 118 valence electrons. The molecule has 0 saturated heterocycles. The molecule has 0 bridgehead atoms. The number of nitro benzene ring substituents is 1. The lowest BCUT2D eigenvalue weighted by atomic mass is 10.1. The summed E-state index contributed by atoms with van der Waals surface area (Å²) in [6.07, 6.45) is 0. The van der Waals surface area contributed by atoms with Gasteiger partial charge >= 0.3 is 0 Å². The van der Waals surface area contributed by atoms with Gasteiger partial charge in [-0.2, -0.15) is 5.10 Å². The second-order valence-electron chi connectivity index (χ2n) is 4.94. The minimum absolute atomic E-state index is 0.0254. The van der Waals surface area contributed by atoms with Crippen molar-refractivity contribution in [2.75, 3.05) is 5.32 Å². The molecule has 0 spiro atoms. The second kappa shape index (κ2) is 7.46. The van der Waals surface area contributed by atoms with Crippen molar-refractivity contribution >= 4 is 34.4 Å². The summed E-state index contributed by atoms with van der Waals surface area (Å²) in [7, 11) is 0. The van der Waals surface area contributed by atoms with Crippen molar-refractivity contribution in [2.45, 2.75) is 13.8 Å². The summed E-state index contributed by atoms with van der Waals surface area (Å²) in [5.74, 6) is 0. The lowest BCUT2D eigenvalue weighted by molar-refractivity contribution is -0.384. The summed E-state index contributed by atoms with van der Waals surface area (Å²) >= 11 is 5.17. The predicted octanol–water partition coefficient (Wildman–Crippen LogP) is 3.61. The molecule has 0 heterocycles. The van der Waals surface area contributed by atoms with Crippen LogP contribution in [0.1, 0.15) is 18.1 Å². The number of nitro groups is 1. The fraction of sp³-hybridized carbons (Fsp3) is 0.125. The SMILES string of the molecule is C/C(=N\NC(=S)Nc1ccc(C)cc1)c1cccc([N+](=O)[O-])c1. The average Bonchev–Trinajstić information content (AvgIpc) is 2.55. The number of nitrogens with one attached hydrogen (secondary N) is 2. The van der Waals surface area contributed by atoms with Gasteiger partial charge in [0.05, 0.1) is 10.6 Å². The van der Waals surface area contributed by atoms with Crippen LogP contribution >= 0.6 is 12.2 Å². The molecule has 0 amide bonds. The van der Waals surface area contributed by atoms with E-state index in [-0.39, 0.29) is 5.69 Å². The molecule has 0 radical (unpaired) electrons. The Bertz CT molecular complexity index is 757. The summed E-state index contributed by atoms with van der Waals surface area (Å²) < 4.78 is 0. The van der Waals surface area contributed by atoms with Crippen molar-refractivity contribution < 1.29 is 4.92 Å². The number of nitrogens with zero attached hydrogens (tertiary/aromatic N) is 2. The largest absolute Gasteiger partial charge is 0.331 e. The minimum Gasteiger partial charge on any atom is -0.331 e. The number of hydrazone groups is 1. The monoisotopic (exact) mass is 328 g/mol. The first kappa shape index (κ1) is 16.6. The highest BCUT2D eigenvalue weighted by Crippen LogP contribution is 2.13. The van der Waals surface area contributed by atoms with Crippen LogP contribution in [-0.4, -0.2) is 15.7 Å². The number of aryl methyl sites for hydroxylation is 1. The molecule has 7 heteroatoms. The molecule has 2 aromatic carbocycles. The lowest BCUT2D eigenvalue weighted by Crippen LogP contribution is -2.24. The van der Waals surface area contributed by atoms with Crippen molar-refractivity contribution in [3.8, 4) is 0 Å². The molecule has 2 aromatic rings. The van der Waals surface area contributed by atoms with E-state index >= 15 is 0 Å². The first-order chi connectivity index (χ1) is 11.0. The third-order valence-corrected chi connectivity index (χ3v) is 3.30. The molecular formula is C16H16N4O2S. The third kappa shape index (κ3) is 4.86. The number of anilines is 1. The van der Waals surface area contributed by atoms with Crippen molar-refractivity contribution in [3.05, 3.63) is 69.8 Å². The van der Waals surface area contributed by atoms with Crippen LogP contribution in [0.3, 0.4) is 0 Å². The smallest absolute Gasteiger partial charge is 0.270 e. The zero-order chi connectivity index (χ0) is 16.8. The molecule has 6 nitrogen and oxygen atoms in total. The van der Waals surface area contributed by atoms with Gasteiger partial charge in [0.15, 0.2) is 5.11 Å². The van der Waals surface area contributed by atoms with E-state index in [1.807, 2.05) is 31.2 Å². The highest BCUT2D eigenvalue weighted by molar-refractivity contribution is 7.80. The van der Waals surface area contributed by atoms with Crippen LogP contribution < -0.4 is 10.7 Å². The summed E-state index contributed by atoms with van der Waals surface area (Å²) in [6, 6.07) is 14.1. The van der Waals surface area contributed by atoms with E-state index in [1.165, 1.54) is 12.1 Å². The Morgan fingerprint density at radius 1 is 1.22 bits per heavy atom. The van der Waals surface area contributed by atoms with Crippen LogP contribution in [0.5, 0.6) is 0 Å². The van der Waals surface area contributed by atoms with E-state index in [4.69, 9.17) is 12.2 Å². The molecule has 0 aliphatic heterocycles. The van der Waals surface area contributed by atoms with Crippen LogP contribution in [0, 0.1) is 17.0 Å². The Hall–Kier alpha value is -2.80. The van der Waals surface area contributed by atoms with Crippen LogP contribution in [0.15, 0.2) is 53.6 Å². The molecule has 0 saturated carbocycles. The Balaban J connectivity index is 2.01. The summed E-state index contributed by atoms with van der Waals surface area (Å²) in [5, 5.41) is 18.3. The van der Waals surface area contributed by atoms with Crippen LogP contribution in [0.25, 0.3) is 0 Å². The first-order valence-corrected chi connectivity index (χ1v) is 7.29. The van der Waals surface area contributed by atoms with Gasteiger partial charge < -0.3 is 5.32 Å². The molecule has 0 atom stereocenters. The number of thiocarbonyl (C=S) groups is 1.